The summed E-state index contributed by atoms with van der Waals surface area (Å²) in [4.78, 5) is 31.5. The summed E-state index contributed by atoms with van der Waals surface area (Å²) in [5.41, 5.74) is 1.45. The molecular weight excluding hydrogens is 821 g/mol. The Balaban J connectivity index is 1.22. The highest BCUT2D eigenvalue weighted by atomic mass is 16.7. The highest BCUT2D eigenvalue weighted by molar-refractivity contribution is 5.99. The number of ketones is 1. The minimum atomic E-state index is -0.825. The predicted octanol–water partition coefficient (Wildman–Crippen LogP) is 6.56. The molecule has 14 nitrogen and oxygen atoms in total. The first-order valence-corrected chi connectivity index (χ1v) is 24.2. The number of aliphatic hydroxyl groups excluding tert-OH is 1. The van der Waals surface area contributed by atoms with E-state index in [1.54, 1.807) is 21.3 Å². The summed E-state index contributed by atoms with van der Waals surface area (Å²) in [7, 11) is 9.05. The highest BCUT2D eigenvalue weighted by Gasteiger charge is 2.60. The van der Waals surface area contributed by atoms with Crippen LogP contribution in [0.2, 0.25) is 0 Å². The van der Waals surface area contributed by atoms with Crippen LogP contribution in [0.5, 0.6) is 5.75 Å². The lowest BCUT2D eigenvalue weighted by atomic mass is 9.62. The zero-order valence-corrected chi connectivity index (χ0v) is 40.2. The maximum absolute atomic E-state index is 15.3. The van der Waals surface area contributed by atoms with E-state index in [4.69, 9.17) is 42.6 Å². The van der Waals surface area contributed by atoms with Crippen LogP contribution in [0.1, 0.15) is 99.3 Å². The fraction of sp³-hybridized carbons (Fsp3) is 0.800. The van der Waals surface area contributed by atoms with Crippen LogP contribution in [-0.2, 0) is 47.5 Å². The van der Waals surface area contributed by atoms with Crippen LogP contribution in [0.25, 0.3) is 0 Å². The number of methoxy groups -OCH3 is 3. The third-order valence-corrected chi connectivity index (χ3v) is 15.5. The van der Waals surface area contributed by atoms with Crippen molar-refractivity contribution < 1.29 is 57.3 Å². The van der Waals surface area contributed by atoms with Crippen molar-refractivity contribution in [1.82, 2.24) is 4.90 Å². The Morgan fingerprint density at radius 2 is 1.56 bits per heavy atom. The monoisotopic (exact) mass is 899 g/mol. The van der Waals surface area contributed by atoms with Crippen LogP contribution in [0.15, 0.2) is 35.9 Å². The molecule has 2 saturated carbocycles. The molecule has 0 aromatic heterocycles. The molecular formula is C50H78N2O12. The second-order valence-electron chi connectivity index (χ2n) is 20.0. The van der Waals surface area contributed by atoms with Crippen LogP contribution in [-0.4, -0.2) is 143 Å². The van der Waals surface area contributed by atoms with E-state index >= 15 is 4.79 Å². The van der Waals surface area contributed by atoms with Crippen molar-refractivity contribution in [3.63, 3.8) is 0 Å². The molecule has 2 N–H and O–H groups in total. The summed E-state index contributed by atoms with van der Waals surface area (Å²) in [6, 6.07) is 7.57. The zero-order valence-electron chi connectivity index (χ0n) is 40.2. The van der Waals surface area contributed by atoms with Crippen LogP contribution < -0.4 is 10.1 Å². The van der Waals surface area contributed by atoms with E-state index < -0.39 is 48.8 Å². The number of cyclic esters (lactones) is 1. The number of anilines is 1. The van der Waals surface area contributed by atoms with Gasteiger partial charge in [-0.3, -0.25) is 9.59 Å². The van der Waals surface area contributed by atoms with Crippen molar-refractivity contribution in [3.05, 3.63) is 35.9 Å². The molecule has 1 aromatic carbocycles. The first-order valence-electron chi connectivity index (χ1n) is 24.2. The smallest absolute Gasteiger partial charge is 0.306 e. The maximum atomic E-state index is 15.3. The lowest BCUT2D eigenvalue weighted by Crippen LogP contribution is -2.59. The number of hydrogen-bond donors (Lipinski definition) is 2. The minimum Gasteiger partial charge on any atom is -0.491 e. The van der Waals surface area contributed by atoms with Crippen molar-refractivity contribution in [2.75, 3.05) is 40.7 Å². The second-order valence-corrected chi connectivity index (χ2v) is 20.0. The van der Waals surface area contributed by atoms with Crippen LogP contribution in [0.4, 0.5) is 5.69 Å². The molecule has 64 heavy (non-hydrogen) atoms. The number of benzene rings is 1. The van der Waals surface area contributed by atoms with Crippen LogP contribution in [0.3, 0.4) is 0 Å². The lowest BCUT2D eigenvalue weighted by Gasteiger charge is -2.47. The molecule has 360 valence electrons. The number of carbonyl (C=O) groups excluding carboxylic acids is 2. The van der Waals surface area contributed by atoms with Gasteiger partial charge in [0.25, 0.3) is 0 Å². The van der Waals surface area contributed by atoms with Crippen molar-refractivity contribution in [1.29, 1.82) is 0 Å². The summed E-state index contributed by atoms with van der Waals surface area (Å²) in [5, 5.41) is 16.4. The molecule has 3 aliphatic carbocycles. The first kappa shape index (κ1) is 49.3. The van der Waals surface area contributed by atoms with Crippen LogP contribution >= 0.6 is 0 Å². The zero-order chi connectivity index (χ0) is 46.0. The summed E-state index contributed by atoms with van der Waals surface area (Å²) >= 11 is 0. The predicted molar refractivity (Wildman–Crippen MR) is 241 cm³/mol. The number of esters is 1. The second kappa shape index (κ2) is 21.5. The number of allylic oxidation sites excluding steroid dienone is 2. The highest BCUT2D eigenvalue weighted by Crippen LogP contribution is 2.57. The van der Waals surface area contributed by atoms with Crippen molar-refractivity contribution >= 4 is 17.4 Å². The number of aliphatic hydroxyl groups is 1. The Labute approximate surface area is 381 Å². The Morgan fingerprint density at radius 3 is 2.20 bits per heavy atom. The largest absolute Gasteiger partial charge is 0.491 e. The SMILES string of the molecule is CC[C@H]1CCC[C@H](O[C@H]2CC[C@H](N(C)C)C(C)O2)[C@@H](C)C(=O)C2=C[C@H]3[C@@H]4C[C@H](O[C@@H]5OC(C)[C@H](OC)C(OC)[C@@H]5OC)C[C@H]4[C@@H](O)[C@H](Nc4ccc(OC(C)C)cc4)[C@H]3[C@@H]2CC(=O)O1. The molecule has 1 aromatic rings. The van der Waals surface area contributed by atoms with Gasteiger partial charge in [-0.1, -0.05) is 19.9 Å². The Morgan fingerprint density at radius 1 is 0.859 bits per heavy atom. The minimum absolute atomic E-state index is 0.0148. The van der Waals surface area contributed by atoms with Gasteiger partial charge in [-0.2, -0.15) is 0 Å². The van der Waals surface area contributed by atoms with Crippen molar-refractivity contribution in [2.45, 2.75) is 185 Å². The fourth-order valence-corrected chi connectivity index (χ4v) is 12.3. The topological polar surface area (TPSA) is 153 Å². The number of rotatable bonds is 13. The summed E-state index contributed by atoms with van der Waals surface area (Å²) in [6.07, 6.45) is 3.35. The number of hydrogen-bond acceptors (Lipinski definition) is 14. The summed E-state index contributed by atoms with van der Waals surface area (Å²) in [6.45, 7) is 12.0. The molecule has 19 atom stereocenters. The van der Waals surface area contributed by atoms with Gasteiger partial charge in [0.2, 0.25) is 0 Å². The van der Waals surface area contributed by atoms with Gasteiger partial charge in [0.15, 0.2) is 18.4 Å². The summed E-state index contributed by atoms with van der Waals surface area (Å²) in [5.74, 6) is -1.22. The number of nitrogens with one attached hydrogen (secondary N) is 1. The van der Waals surface area contributed by atoms with E-state index in [9.17, 15) is 9.90 Å². The van der Waals surface area contributed by atoms with Gasteiger partial charge in [-0.15, -0.1) is 0 Å². The first-order chi connectivity index (χ1) is 30.6. The Hall–Kier alpha value is -2.66. The molecule has 0 bridgehead atoms. The fourth-order valence-electron chi connectivity index (χ4n) is 12.3. The quantitative estimate of drug-likeness (QED) is 0.206. The van der Waals surface area contributed by atoms with E-state index in [0.29, 0.717) is 43.7 Å². The Bertz CT molecular complexity index is 1730. The average molecular weight is 899 g/mol. The van der Waals surface area contributed by atoms with Gasteiger partial charge in [0, 0.05) is 44.9 Å². The van der Waals surface area contributed by atoms with Gasteiger partial charge in [-0.25, -0.2) is 0 Å². The molecule has 0 amide bonds. The molecule has 3 saturated heterocycles. The van der Waals surface area contributed by atoms with Gasteiger partial charge in [0.05, 0.1) is 49.1 Å². The standard InChI is InChI=1S/C50H78N2O12/c1-12-31-14-13-15-40(64-42-21-20-39(52(7)8)28(5)60-42)27(4)45(54)38-24-35-34-22-33(63-50-49(58-11)48(57-10)47(56-9)29(6)61-50)23-37(34)46(55)44(43(35)36(38)25-41(53)62-31)51-30-16-18-32(19-17-30)59-26(2)3/h16-19,24,26-29,31,33-37,39-40,42-44,46-51,55H,12-15,20-23,25H2,1-11H3/t27-,28?,29?,31+,33+,34+,35+,36-,37-,39+,40+,42+,43-,44-,46-,47+,48?,49+,50+/m1/s1. The van der Waals surface area contributed by atoms with E-state index in [1.165, 1.54) is 0 Å². The maximum Gasteiger partial charge on any atom is 0.306 e. The van der Waals surface area contributed by atoms with E-state index in [0.717, 1.165) is 30.7 Å². The molecule has 14 heteroatoms. The van der Waals surface area contributed by atoms with E-state index in [2.05, 4.69) is 37.3 Å². The van der Waals surface area contributed by atoms with Gasteiger partial charge >= 0.3 is 5.97 Å². The molecule has 0 spiro atoms. The third kappa shape index (κ3) is 10.6. The normalized spacial score (nSPS) is 41.9. The third-order valence-electron chi connectivity index (χ3n) is 15.5. The van der Waals surface area contributed by atoms with Gasteiger partial charge in [0.1, 0.15) is 30.2 Å². The lowest BCUT2D eigenvalue weighted by molar-refractivity contribution is -0.314. The van der Waals surface area contributed by atoms with Gasteiger partial charge < -0.3 is 58.0 Å². The number of nitrogens with zero attached hydrogens (tertiary/aromatic N) is 1. The van der Waals surface area contributed by atoms with Crippen molar-refractivity contribution in [2.24, 2.45) is 35.5 Å². The molecule has 5 fully saturated rings. The molecule has 6 aliphatic rings. The summed E-state index contributed by atoms with van der Waals surface area (Å²) < 4.78 is 56.3. The van der Waals surface area contributed by atoms with E-state index in [1.807, 2.05) is 58.9 Å². The molecule has 3 heterocycles. The average Bonchev–Trinajstić information content (AvgIpc) is 3.85. The molecule has 3 aliphatic heterocycles. The van der Waals surface area contributed by atoms with Crippen molar-refractivity contribution in [3.8, 4) is 5.75 Å². The van der Waals surface area contributed by atoms with Crippen LogP contribution in [0, 0.1) is 35.5 Å². The van der Waals surface area contributed by atoms with E-state index in [-0.39, 0.29) is 84.6 Å². The number of carbonyl (C=O) groups is 2. The number of ether oxygens (including phenoxy) is 9. The Kier molecular flexibility index (Phi) is 16.6. The number of fused-ring (bicyclic) bond motifs is 5. The molecule has 0 radical (unpaired) electrons. The molecule has 7 rings (SSSR count). The number of Topliss-reactive ketones (excluding diaryl/α,β-unsaturated/α-hetero) is 1. The number of likely N-dealkylation sites (N-methyl/N-ethyl adjacent to an activating group) is 1. The molecule has 3 unspecified atom stereocenters. The van der Waals surface area contributed by atoms with Gasteiger partial charge in [-0.05, 0) is 147 Å².